The maximum Gasteiger partial charge on any atom is 0.222 e. The number of halogens is 1. The number of benzene rings is 1. The molecule has 3 aromatic rings. The third-order valence-corrected chi connectivity index (χ3v) is 5.32. The summed E-state index contributed by atoms with van der Waals surface area (Å²) in [7, 11) is 0. The van der Waals surface area contributed by atoms with Crippen molar-refractivity contribution in [1.29, 1.82) is 0 Å². The molecule has 2 aromatic heterocycles. The van der Waals surface area contributed by atoms with Crippen molar-refractivity contribution >= 4 is 17.2 Å². The second-order valence-electron chi connectivity index (χ2n) is 6.03. The van der Waals surface area contributed by atoms with Crippen LogP contribution in [0.25, 0.3) is 0 Å². The van der Waals surface area contributed by atoms with Crippen LogP contribution in [0, 0.1) is 12.7 Å². The van der Waals surface area contributed by atoms with Crippen LogP contribution in [-0.2, 0) is 11.2 Å². The highest BCUT2D eigenvalue weighted by atomic mass is 32.1. The lowest BCUT2D eigenvalue weighted by Gasteiger charge is -2.19. The van der Waals surface area contributed by atoms with E-state index in [0.29, 0.717) is 6.54 Å². The lowest BCUT2D eigenvalue weighted by atomic mass is 10.0. The highest BCUT2D eigenvalue weighted by Crippen LogP contribution is 2.23. The van der Waals surface area contributed by atoms with Crippen LogP contribution in [0.2, 0.25) is 0 Å². The van der Waals surface area contributed by atoms with Gasteiger partial charge in [0.15, 0.2) is 0 Å². The molecule has 0 aliphatic heterocycles. The number of nitrogens with one attached hydrogen (secondary N) is 1. The largest absolute Gasteiger partial charge is 0.356 e. The van der Waals surface area contributed by atoms with Crippen molar-refractivity contribution < 1.29 is 9.18 Å². The predicted molar refractivity (Wildman–Crippen MR) is 99.4 cm³/mol. The molecule has 0 saturated heterocycles. The van der Waals surface area contributed by atoms with Gasteiger partial charge in [-0.1, -0.05) is 12.1 Å². The molecule has 0 aliphatic carbocycles. The van der Waals surface area contributed by atoms with Gasteiger partial charge in [-0.05, 0) is 60.2 Å². The minimum absolute atomic E-state index is 0.0304. The minimum atomic E-state index is -0.289. The third kappa shape index (κ3) is 4.57. The summed E-state index contributed by atoms with van der Waals surface area (Å²) < 4.78 is 15.5. The van der Waals surface area contributed by atoms with Gasteiger partial charge in [0.05, 0.1) is 12.5 Å². The predicted octanol–water partition coefficient (Wildman–Crippen LogP) is 4.34. The first kappa shape index (κ1) is 17.4. The summed E-state index contributed by atoms with van der Waals surface area (Å²) in [5.41, 5.74) is 2.06. The first-order valence-electron chi connectivity index (χ1n) is 8.31. The molecule has 0 unspecified atom stereocenters. The molecule has 1 atom stereocenters. The van der Waals surface area contributed by atoms with E-state index in [9.17, 15) is 9.18 Å². The molecule has 1 aromatic carbocycles. The normalized spacial score (nSPS) is 12.1. The van der Waals surface area contributed by atoms with Gasteiger partial charge >= 0.3 is 0 Å². The Morgan fingerprint density at radius 3 is 2.72 bits per heavy atom. The lowest BCUT2D eigenvalue weighted by molar-refractivity contribution is -0.121. The molecule has 0 aliphatic rings. The van der Waals surface area contributed by atoms with Gasteiger partial charge in [0, 0.05) is 23.8 Å². The van der Waals surface area contributed by atoms with Gasteiger partial charge in [-0.25, -0.2) is 4.39 Å². The quantitative estimate of drug-likeness (QED) is 0.671. The first-order chi connectivity index (χ1) is 12.1. The van der Waals surface area contributed by atoms with E-state index in [0.717, 1.165) is 12.0 Å². The molecule has 0 spiro atoms. The highest BCUT2D eigenvalue weighted by Gasteiger charge is 2.17. The zero-order valence-corrected chi connectivity index (χ0v) is 14.9. The Hall–Kier alpha value is -2.40. The van der Waals surface area contributed by atoms with E-state index in [2.05, 4.69) is 23.7 Å². The average molecular weight is 356 g/mol. The second kappa shape index (κ2) is 8.12. The third-order valence-electron chi connectivity index (χ3n) is 4.24. The number of carbonyl (C=O) groups is 1. The minimum Gasteiger partial charge on any atom is -0.356 e. The number of amides is 1. The van der Waals surface area contributed by atoms with Gasteiger partial charge in [0.1, 0.15) is 5.82 Å². The summed E-state index contributed by atoms with van der Waals surface area (Å²) in [5.74, 6) is -0.319. The van der Waals surface area contributed by atoms with Crippen molar-refractivity contribution in [2.24, 2.45) is 0 Å². The van der Waals surface area contributed by atoms with E-state index >= 15 is 0 Å². The van der Waals surface area contributed by atoms with Gasteiger partial charge in [0.2, 0.25) is 5.91 Å². The van der Waals surface area contributed by atoms with Crippen molar-refractivity contribution in [1.82, 2.24) is 9.88 Å². The van der Waals surface area contributed by atoms with Crippen LogP contribution in [-0.4, -0.2) is 17.0 Å². The van der Waals surface area contributed by atoms with Crippen LogP contribution in [0.3, 0.4) is 0 Å². The number of aryl methyl sites for hydroxylation is 1. The van der Waals surface area contributed by atoms with Crippen LogP contribution in [0.5, 0.6) is 0 Å². The van der Waals surface area contributed by atoms with Crippen LogP contribution in [0.1, 0.15) is 28.5 Å². The van der Waals surface area contributed by atoms with Gasteiger partial charge in [0.25, 0.3) is 0 Å². The standard InChI is InChI=1S/C20H21FN2OS/c1-15-8-12-25-19(15)7-9-22-20(24)14-18(23-10-2-3-11-23)16-5-4-6-17(21)13-16/h2-6,8,10-13,18H,7,9,14H2,1H3,(H,22,24)/t18-/m1/s1. The number of rotatable bonds is 7. The average Bonchev–Trinajstić information content (AvgIpc) is 3.25. The number of thiophene rings is 1. The maximum atomic E-state index is 13.6. The molecule has 1 amide bonds. The molecule has 130 valence electrons. The molecular weight excluding hydrogens is 335 g/mol. The summed E-state index contributed by atoms with van der Waals surface area (Å²) in [6.07, 6.45) is 4.92. The van der Waals surface area contributed by atoms with E-state index in [4.69, 9.17) is 0 Å². The smallest absolute Gasteiger partial charge is 0.222 e. The number of hydrogen-bond donors (Lipinski definition) is 1. The van der Waals surface area contributed by atoms with Crippen LogP contribution < -0.4 is 5.32 Å². The molecule has 0 radical (unpaired) electrons. The molecule has 2 heterocycles. The first-order valence-corrected chi connectivity index (χ1v) is 9.19. The monoisotopic (exact) mass is 356 g/mol. The van der Waals surface area contributed by atoms with Crippen molar-refractivity contribution in [2.45, 2.75) is 25.8 Å². The van der Waals surface area contributed by atoms with E-state index in [1.54, 1.807) is 17.4 Å². The van der Waals surface area contributed by atoms with Crippen LogP contribution in [0.15, 0.2) is 60.2 Å². The molecule has 5 heteroatoms. The zero-order valence-electron chi connectivity index (χ0n) is 14.1. The highest BCUT2D eigenvalue weighted by molar-refractivity contribution is 7.10. The molecular formula is C20H21FN2OS. The number of aromatic nitrogens is 1. The van der Waals surface area contributed by atoms with E-state index in [1.165, 1.54) is 22.6 Å². The Bertz CT molecular complexity index is 826. The van der Waals surface area contributed by atoms with Gasteiger partial charge in [-0.3, -0.25) is 4.79 Å². The Kier molecular flexibility index (Phi) is 5.66. The molecule has 1 N–H and O–H groups in total. The van der Waals surface area contributed by atoms with Crippen molar-refractivity contribution in [2.75, 3.05) is 6.54 Å². The Labute approximate surface area is 151 Å². The van der Waals surface area contributed by atoms with Crippen LogP contribution in [0.4, 0.5) is 4.39 Å². The summed E-state index contributed by atoms with van der Waals surface area (Å²) in [6, 6.07) is 12.1. The van der Waals surface area contributed by atoms with Crippen molar-refractivity contribution in [3.8, 4) is 0 Å². The van der Waals surface area contributed by atoms with Crippen molar-refractivity contribution in [3.05, 3.63) is 82.1 Å². The van der Waals surface area contributed by atoms with Gasteiger partial charge in [-0.15, -0.1) is 11.3 Å². The molecule has 0 saturated carbocycles. The molecule has 25 heavy (non-hydrogen) atoms. The number of carbonyl (C=O) groups excluding carboxylic acids is 1. The summed E-state index contributed by atoms with van der Waals surface area (Å²) >= 11 is 1.71. The van der Waals surface area contributed by atoms with E-state index in [-0.39, 0.29) is 24.2 Å². The second-order valence-corrected chi connectivity index (χ2v) is 7.03. The fourth-order valence-electron chi connectivity index (χ4n) is 2.89. The summed E-state index contributed by atoms with van der Waals surface area (Å²) in [4.78, 5) is 13.7. The summed E-state index contributed by atoms with van der Waals surface area (Å²) in [6.45, 7) is 2.70. The van der Waals surface area contributed by atoms with Crippen molar-refractivity contribution in [3.63, 3.8) is 0 Å². The van der Waals surface area contributed by atoms with Crippen LogP contribution >= 0.6 is 11.3 Å². The summed E-state index contributed by atoms with van der Waals surface area (Å²) in [5, 5.41) is 5.05. The molecule has 3 rings (SSSR count). The molecule has 3 nitrogen and oxygen atoms in total. The van der Waals surface area contributed by atoms with Gasteiger partial charge < -0.3 is 9.88 Å². The Balaban J connectivity index is 1.64. The molecule has 0 bridgehead atoms. The fourth-order valence-corrected chi connectivity index (χ4v) is 3.80. The topological polar surface area (TPSA) is 34.0 Å². The maximum absolute atomic E-state index is 13.6. The Morgan fingerprint density at radius 2 is 2.04 bits per heavy atom. The Morgan fingerprint density at radius 1 is 1.24 bits per heavy atom. The zero-order chi connectivity index (χ0) is 17.6. The molecule has 0 fully saturated rings. The number of nitrogens with zero attached hydrogens (tertiary/aromatic N) is 1. The number of hydrogen-bond acceptors (Lipinski definition) is 2. The van der Waals surface area contributed by atoms with E-state index in [1.807, 2.05) is 35.2 Å². The van der Waals surface area contributed by atoms with Gasteiger partial charge in [-0.2, -0.15) is 0 Å². The van der Waals surface area contributed by atoms with E-state index < -0.39 is 0 Å². The SMILES string of the molecule is Cc1ccsc1CCNC(=O)C[C@H](c1cccc(F)c1)n1cccc1. The fraction of sp³-hybridized carbons (Fsp3) is 0.250. The lowest BCUT2D eigenvalue weighted by Crippen LogP contribution is -2.28.